The Kier molecular flexibility index (Phi) is 2.84. The van der Waals surface area contributed by atoms with E-state index >= 15 is 0 Å². The van der Waals surface area contributed by atoms with Crippen LogP contribution >= 0.6 is 11.3 Å². The summed E-state index contributed by atoms with van der Waals surface area (Å²) in [6, 6.07) is 15.4. The molecule has 3 rings (SSSR count). The van der Waals surface area contributed by atoms with Crippen molar-refractivity contribution in [1.29, 1.82) is 5.41 Å². The van der Waals surface area contributed by atoms with Gasteiger partial charge in [0.15, 0.2) is 0 Å². The molecule has 94 valence electrons. The van der Waals surface area contributed by atoms with E-state index in [-0.39, 0.29) is 5.75 Å². The van der Waals surface area contributed by atoms with Crippen molar-refractivity contribution in [2.45, 2.75) is 6.92 Å². The van der Waals surface area contributed by atoms with Crippen molar-refractivity contribution in [3.8, 4) is 5.75 Å². The summed E-state index contributed by atoms with van der Waals surface area (Å²) in [7, 11) is 0. The van der Waals surface area contributed by atoms with Gasteiger partial charge in [-0.05, 0) is 18.6 Å². The number of fused-ring (bicyclic) bond motifs is 1. The van der Waals surface area contributed by atoms with Crippen LogP contribution in [0.25, 0.3) is 10.1 Å². The van der Waals surface area contributed by atoms with Gasteiger partial charge in [0.2, 0.25) is 0 Å². The Morgan fingerprint density at radius 2 is 1.79 bits per heavy atom. The first kappa shape index (κ1) is 11.9. The first-order valence-corrected chi connectivity index (χ1v) is 6.85. The fraction of sp³-hybridized carbons (Fsp3) is 0.0625. The van der Waals surface area contributed by atoms with Crippen LogP contribution in [0.1, 0.15) is 16.0 Å². The summed E-state index contributed by atoms with van der Waals surface area (Å²) in [6.45, 7) is 1.98. The van der Waals surface area contributed by atoms with Crippen LogP contribution in [0.3, 0.4) is 0 Å². The summed E-state index contributed by atoms with van der Waals surface area (Å²) >= 11 is 1.47. The molecule has 1 heterocycles. The molecule has 0 spiro atoms. The van der Waals surface area contributed by atoms with Gasteiger partial charge in [0.25, 0.3) is 0 Å². The van der Waals surface area contributed by atoms with E-state index in [1.807, 2.05) is 55.5 Å². The standard InChI is InChI=1S/C16H13NOS/c1-10-6-5-9-12-13(10)15(18)16(19-12)14(17)11-7-3-2-4-8-11/h2-9,17-18H,1H3. The summed E-state index contributed by atoms with van der Waals surface area (Å²) in [4.78, 5) is 0.635. The van der Waals surface area contributed by atoms with Gasteiger partial charge in [-0.2, -0.15) is 0 Å². The Bertz CT molecular complexity index is 759. The lowest BCUT2D eigenvalue weighted by molar-refractivity contribution is 0.482. The van der Waals surface area contributed by atoms with Crippen LogP contribution in [0.15, 0.2) is 48.5 Å². The summed E-state index contributed by atoms with van der Waals surface area (Å²) in [5, 5.41) is 19.5. The second-order valence-electron chi connectivity index (χ2n) is 4.47. The third kappa shape index (κ3) is 1.92. The van der Waals surface area contributed by atoms with Gasteiger partial charge in [0, 0.05) is 15.6 Å². The molecule has 0 unspecified atom stereocenters. The molecule has 2 nitrogen and oxygen atoms in total. The smallest absolute Gasteiger partial charge is 0.143 e. The molecule has 0 aliphatic carbocycles. The second-order valence-corrected chi connectivity index (χ2v) is 5.52. The van der Waals surface area contributed by atoms with Crippen molar-refractivity contribution in [1.82, 2.24) is 0 Å². The predicted molar refractivity (Wildman–Crippen MR) is 80.6 cm³/mol. The minimum absolute atomic E-state index is 0.229. The minimum Gasteiger partial charge on any atom is -0.506 e. The monoisotopic (exact) mass is 267 g/mol. The number of benzene rings is 2. The Morgan fingerprint density at radius 1 is 1.05 bits per heavy atom. The summed E-state index contributed by atoms with van der Waals surface area (Å²) in [5.41, 5.74) is 2.24. The van der Waals surface area contributed by atoms with Crippen LogP contribution in [0.5, 0.6) is 5.75 Å². The van der Waals surface area contributed by atoms with Gasteiger partial charge in [-0.15, -0.1) is 11.3 Å². The second kappa shape index (κ2) is 4.52. The number of aromatic hydroxyl groups is 1. The molecule has 3 aromatic rings. The fourth-order valence-corrected chi connectivity index (χ4v) is 3.35. The lowest BCUT2D eigenvalue weighted by Gasteiger charge is -2.02. The zero-order chi connectivity index (χ0) is 13.4. The third-order valence-electron chi connectivity index (χ3n) is 3.19. The minimum atomic E-state index is 0.229. The number of thiophene rings is 1. The highest BCUT2D eigenvalue weighted by molar-refractivity contribution is 7.21. The topological polar surface area (TPSA) is 44.1 Å². The number of hydrogen-bond donors (Lipinski definition) is 2. The Balaban J connectivity index is 2.19. The molecule has 0 saturated carbocycles. The maximum Gasteiger partial charge on any atom is 0.143 e. The Labute approximate surface area is 115 Å². The van der Waals surface area contributed by atoms with Crippen molar-refractivity contribution < 1.29 is 5.11 Å². The van der Waals surface area contributed by atoms with Gasteiger partial charge in [-0.3, -0.25) is 5.41 Å². The van der Waals surface area contributed by atoms with Crippen LogP contribution in [0, 0.1) is 12.3 Å². The van der Waals surface area contributed by atoms with E-state index in [4.69, 9.17) is 5.41 Å². The molecule has 1 aromatic heterocycles. The first-order valence-electron chi connectivity index (χ1n) is 6.04. The number of rotatable bonds is 2. The number of hydrogen-bond acceptors (Lipinski definition) is 3. The normalized spacial score (nSPS) is 10.8. The molecule has 0 amide bonds. The van der Waals surface area contributed by atoms with Crippen molar-refractivity contribution in [3.63, 3.8) is 0 Å². The van der Waals surface area contributed by atoms with Crippen molar-refractivity contribution in [3.05, 3.63) is 64.5 Å². The molecule has 0 aliphatic rings. The van der Waals surface area contributed by atoms with Crippen LogP contribution in [0.4, 0.5) is 0 Å². The average molecular weight is 267 g/mol. The molecule has 0 fully saturated rings. The van der Waals surface area contributed by atoms with E-state index in [0.29, 0.717) is 10.6 Å². The molecule has 2 aromatic carbocycles. The highest BCUT2D eigenvalue weighted by atomic mass is 32.1. The molecule has 0 atom stereocenters. The Hall–Kier alpha value is -2.13. The maximum atomic E-state index is 10.4. The largest absolute Gasteiger partial charge is 0.506 e. The zero-order valence-corrected chi connectivity index (χ0v) is 11.3. The van der Waals surface area contributed by atoms with Crippen molar-refractivity contribution >= 4 is 27.1 Å². The van der Waals surface area contributed by atoms with Crippen molar-refractivity contribution in [2.75, 3.05) is 0 Å². The fourth-order valence-electron chi connectivity index (χ4n) is 2.21. The Morgan fingerprint density at radius 3 is 2.47 bits per heavy atom. The number of aryl methyl sites for hydroxylation is 1. The SMILES string of the molecule is Cc1cccc2sc(C(=N)c3ccccc3)c(O)c12. The van der Waals surface area contributed by atoms with Crippen LogP contribution < -0.4 is 0 Å². The molecule has 0 saturated heterocycles. The van der Waals surface area contributed by atoms with Gasteiger partial charge in [-0.25, -0.2) is 0 Å². The highest BCUT2D eigenvalue weighted by Crippen LogP contribution is 2.39. The summed E-state index contributed by atoms with van der Waals surface area (Å²) in [6.07, 6.45) is 0. The molecule has 0 radical (unpaired) electrons. The van der Waals surface area contributed by atoms with Gasteiger partial charge >= 0.3 is 0 Å². The van der Waals surface area contributed by atoms with Crippen LogP contribution in [-0.4, -0.2) is 10.8 Å². The molecule has 0 aliphatic heterocycles. The van der Waals surface area contributed by atoms with Gasteiger partial charge < -0.3 is 5.11 Å². The lowest BCUT2D eigenvalue weighted by Crippen LogP contribution is -1.98. The van der Waals surface area contributed by atoms with E-state index in [9.17, 15) is 5.11 Å². The molecule has 19 heavy (non-hydrogen) atoms. The van der Waals surface area contributed by atoms with Gasteiger partial charge in [-0.1, -0.05) is 42.5 Å². The third-order valence-corrected chi connectivity index (χ3v) is 4.35. The van der Waals surface area contributed by atoms with E-state index in [1.54, 1.807) is 0 Å². The quantitative estimate of drug-likeness (QED) is 0.667. The van der Waals surface area contributed by atoms with E-state index in [0.717, 1.165) is 21.2 Å². The van der Waals surface area contributed by atoms with Gasteiger partial charge in [0.1, 0.15) is 5.75 Å². The van der Waals surface area contributed by atoms with Gasteiger partial charge in [0.05, 0.1) is 10.6 Å². The molecular weight excluding hydrogens is 254 g/mol. The summed E-state index contributed by atoms with van der Waals surface area (Å²) < 4.78 is 1.02. The van der Waals surface area contributed by atoms with E-state index < -0.39 is 0 Å². The van der Waals surface area contributed by atoms with E-state index in [1.165, 1.54) is 11.3 Å². The molecule has 3 heteroatoms. The van der Waals surface area contributed by atoms with Crippen LogP contribution in [0.2, 0.25) is 0 Å². The molecular formula is C16H13NOS. The van der Waals surface area contributed by atoms with Crippen molar-refractivity contribution in [2.24, 2.45) is 0 Å². The average Bonchev–Trinajstić information content (AvgIpc) is 2.78. The molecule has 2 N–H and O–H groups in total. The first-order chi connectivity index (χ1) is 9.18. The van der Waals surface area contributed by atoms with E-state index in [2.05, 4.69) is 0 Å². The number of nitrogens with one attached hydrogen (secondary N) is 1. The molecule has 0 bridgehead atoms. The predicted octanol–water partition coefficient (Wildman–Crippen LogP) is 4.33. The zero-order valence-electron chi connectivity index (χ0n) is 10.5. The van der Waals surface area contributed by atoms with Crippen LogP contribution in [-0.2, 0) is 0 Å². The summed E-state index contributed by atoms with van der Waals surface area (Å²) in [5.74, 6) is 0.229. The maximum absolute atomic E-state index is 10.4. The lowest BCUT2D eigenvalue weighted by atomic mass is 10.1. The highest BCUT2D eigenvalue weighted by Gasteiger charge is 2.17.